The summed E-state index contributed by atoms with van der Waals surface area (Å²) in [7, 11) is 0. The predicted octanol–water partition coefficient (Wildman–Crippen LogP) is 4.55. The third kappa shape index (κ3) is 5.86. The topological polar surface area (TPSA) is 66.4 Å². The first-order valence-corrected chi connectivity index (χ1v) is 10.3. The zero-order valence-electron chi connectivity index (χ0n) is 15.7. The van der Waals surface area contributed by atoms with Crippen molar-refractivity contribution in [1.82, 2.24) is 5.32 Å². The molecule has 4 heteroatoms. The van der Waals surface area contributed by atoms with Crippen LogP contribution in [0, 0.1) is 23.7 Å². The highest BCUT2D eigenvalue weighted by atomic mass is 16.4. The fourth-order valence-electron chi connectivity index (χ4n) is 4.46. The average molecular weight is 350 g/mol. The summed E-state index contributed by atoms with van der Waals surface area (Å²) in [6.45, 7) is 2.92. The normalized spacial score (nSPS) is 26.9. The van der Waals surface area contributed by atoms with Crippen LogP contribution >= 0.6 is 0 Å². The van der Waals surface area contributed by atoms with Gasteiger partial charge in [0.2, 0.25) is 5.91 Å². The van der Waals surface area contributed by atoms with Crippen molar-refractivity contribution in [1.29, 1.82) is 0 Å². The monoisotopic (exact) mass is 349 g/mol. The van der Waals surface area contributed by atoms with Gasteiger partial charge in [0.25, 0.3) is 0 Å². The van der Waals surface area contributed by atoms with Crippen LogP contribution in [-0.4, -0.2) is 23.5 Å². The molecule has 2 aliphatic rings. The number of fused-ring (bicyclic) bond motifs is 2. The Morgan fingerprint density at radius 2 is 1.40 bits per heavy atom. The molecule has 4 nitrogen and oxygen atoms in total. The number of hydrogen-bond donors (Lipinski definition) is 2. The van der Waals surface area contributed by atoms with Crippen LogP contribution in [0.5, 0.6) is 0 Å². The molecule has 4 atom stereocenters. The number of amides is 1. The summed E-state index contributed by atoms with van der Waals surface area (Å²) in [6.07, 6.45) is 17.6. The van der Waals surface area contributed by atoms with Crippen LogP contribution in [0.1, 0.15) is 77.6 Å². The van der Waals surface area contributed by atoms with Crippen LogP contribution in [-0.2, 0) is 9.59 Å². The Bertz CT molecular complexity index is 460. The number of carbonyl (C=O) groups is 2. The van der Waals surface area contributed by atoms with Crippen LogP contribution < -0.4 is 5.32 Å². The minimum Gasteiger partial charge on any atom is -0.481 e. The second kappa shape index (κ2) is 10.6. The van der Waals surface area contributed by atoms with Crippen LogP contribution in [0.15, 0.2) is 12.2 Å². The molecule has 0 spiro atoms. The number of rotatable bonds is 13. The molecule has 2 rings (SSSR count). The van der Waals surface area contributed by atoms with Crippen molar-refractivity contribution in [2.75, 3.05) is 6.54 Å². The van der Waals surface area contributed by atoms with E-state index >= 15 is 0 Å². The molecule has 0 aliphatic heterocycles. The van der Waals surface area contributed by atoms with Crippen molar-refractivity contribution < 1.29 is 14.7 Å². The minimum atomic E-state index is -0.823. The first-order chi connectivity index (χ1) is 12.1. The third-order valence-corrected chi connectivity index (χ3v) is 5.88. The van der Waals surface area contributed by atoms with Gasteiger partial charge in [-0.25, -0.2) is 0 Å². The fraction of sp³-hybridized carbons (Fsp3) is 0.810. The Morgan fingerprint density at radius 1 is 0.880 bits per heavy atom. The first kappa shape index (κ1) is 20.0. The molecule has 2 bridgehead atoms. The van der Waals surface area contributed by atoms with E-state index in [-0.39, 0.29) is 23.7 Å². The van der Waals surface area contributed by atoms with Crippen LogP contribution in [0.25, 0.3) is 0 Å². The molecule has 0 radical (unpaired) electrons. The molecule has 142 valence electrons. The summed E-state index contributed by atoms with van der Waals surface area (Å²) in [6, 6.07) is 0. The van der Waals surface area contributed by atoms with Gasteiger partial charge >= 0.3 is 5.97 Å². The molecular weight excluding hydrogens is 314 g/mol. The summed E-state index contributed by atoms with van der Waals surface area (Å²) in [4.78, 5) is 23.9. The maximum atomic E-state index is 12.4. The predicted molar refractivity (Wildman–Crippen MR) is 100 cm³/mol. The lowest BCUT2D eigenvalue weighted by molar-refractivity contribution is -0.147. The van der Waals surface area contributed by atoms with Gasteiger partial charge in [-0.15, -0.1) is 0 Å². The molecule has 0 saturated heterocycles. The highest BCUT2D eigenvalue weighted by molar-refractivity contribution is 5.86. The zero-order chi connectivity index (χ0) is 18.1. The largest absolute Gasteiger partial charge is 0.481 e. The summed E-state index contributed by atoms with van der Waals surface area (Å²) >= 11 is 0. The molecule has 2 aliphatic carbocycles. The number of aliphatic carboxylic acids is 1. The molecule has 1 fully saturated rings. The minimum absolute atomic E-state index is 0.0515. The van der Waals surface area contributed by atoms with Gasteiger partial charge in [0.15, 0.2) is 0 Å². The van der Waals surface area contributed by atoms with Crippen LogP contribution in [0.3, 0.4) is 0 Å². The number of carboxylic acids is 1. The molecule has 0 aromatic heterocycles. The second-order valence-corrected chi connectivity index (χ2v) is 7.81. The molecule has 2 N–H and O–H groups in total. The van der Waals surface area contributed by atoms with Crippen molar-refractivity contribution in [3.63, 3.8) is 0 Å². The van der Waals surface area contributed by atoms with Crippen molar-refractivity contribution in [2.24, 2.45) is 23.7 Å². The van der Waals surface area contributed by atoms with E-state index in [1.807, 2.05) is 12.2 Å². The van der Waals surface area contributed by atoms with E-state index in [1.165, 1.54) is 51.4 Å². The van der Waals surface area contributed by atoms with Crippen molar-refractivity contribution in [2.45, 2.75) is 77.6 Å². The van der Waals surface area contributed by atoms with E-state index in [0.717, 1.165) is 19.3 Å². The van der Waals surface area contributed by atoms with E-state index in [1.54, 1.807) is 0 Å². The molecule has 0 unspecified atom stereocenters. The van der Waals surface area contributed by atoms with Crippen molar-refractivity contribution >= 4 is 11.9 Å². The standard InChI is InChI=1S/C21H35NO3/c1-2-3-4-5-6-7-8-9-10-11-14-22-20(23)18-16-12-13-17(15-16)19(18)21(24)25/h12-13,16-19H,2-11,14-15H2,1H3,(H,22,23)(H,24,25)/t16-,17-,18+,19+/m1/s1. The Balaban J connectivity index is 1.52. The quantitative estimate of drug-likeness (QED) is 0.379. The first-order valence-electron chi connectivity index (χ1n) is 10.3. The SMILES string of the molecule is CCCCCCCCCCCCNC(=O)[C@@H]1[C@@H](C(=O)O)[C@@H]2C=C[C@@H]1C2. The number of carboxylic acid groups (broad SMARTS) is 1. The molecule has 25 heavy (non-hydrogen) atoms. The smallest absolute Gasteiger partial charge is 0.307 e. The van der Waals surface area contributed by atoms with E-state index in [2.05, 4.69) is 12.2 Å². The highest BCUT2D eigenvalue weighted by Crippen LogP contribution is 2.48. The zero-order valence-corrected chi connectivity index (χ0v) is 15.7. The highest BCUT2D eigenvalue weighted by Gasteiger charge is 2.51. The lowest BCUT2D eigenvalue weighted by Crippen LogP contribution is -2.40. The maximum Gasteiger partial charge on any atom is 0.307 e. The van der Waals surface area contributed by atoms with Gasteiger partial charge in [0.05, 0.1) is 11.8 Å². The number of hydrogen-bond acceptors (Lipinski definition) is 2. The molecule has 1 amide bonds. The summed E-state index contributed by atoms with van der Waals surface area (Å²) < 4.78 is 0. The van der Waals surface area contributed by atoms with Gasteiger partial charge in [-0.05, 0) is 24.7 Å². The van der Waals surface area contributed by atoms with Crippen LogP contribution in [0.4, 0.5) is 0 Å². The Hall–Kier alpha value is -1.32. The molecule has 0 aromatic rings. The van der Waals surface area contributed by atoms with E-state index in [4.69, 9.17) is 0 Å². The Labute approximate surface area is 152 Å². The molecule has 0 heterocycles. The lowest BCUT2D eigenvalue weighted by Gasteiger charge is -2.23. The van der Waals surface area contributed by atoms with Gasteiger partial charge < -0.3 is 10.4 Å². The average Bonchev–Trinajstić information content (AvgIpc) is 3.20. The third-order valence-electron chi connectivity index (χ3n) is 5.88. The van der Waals surface area contributed by atoms with E-state index in [9.17, 15) is 14.7 Å². The van der Waals surface area contributed by atoms with Gasteiger partial charge in [0, 0.05) is 6.54 Å². The van der Waals surface area contributed by atoms with E-state index < -0.39 is 11.9 Å². The number of allylic oxidation sites excluding steroid dienone is 2. The summed E-state index contributed by atoms with van der Waals surface area (Å²) in [5.74, 6) is -1.59. The molecule has 1 saturated carbocycles. The van der Waals surface area contributed by atoms with Gasteiger partial charge in [-0.2, -0.15) is 0 Å². The van der Waals surface area contributed by atoms with Gasteiger partial charge in [-0.3, -0.25) is 9.59 Å². The summed E-state index contributed by atoms with van der Waals surface area (Å²) in [5.41, 5.74) is 0. The molecular formula is C21H35NO3. The fourth-order valence-corrected chi connectivity index (χ4v) is 4.46. The second-order valence-electron chi connectivity index (χ2n) is 7.81. The lowest BCUT2D eigenvalue weighted by atomic mass is 9.82. The maximum absolute atomic E-state index is 12.4. The van der Waals surface area contributed by atoms with Gasteiger partial charge in [-0.1, -0.05) is 76.9 Å². The van der Waals surface area contributed by atoms with Crippen LogP contribution in [0.2, 0.25) is 0 Å². The van der Waals surface area contributed by atoms with E-state index in [0.29, 0.717) is 6.54 Å². The number of unbranched alkanes of at least 4 members (excludes halogenated alkanes) is 9. The Morgan fingerprint density at radius 3 is 1.96 bits per heavy atom. The van der Waals surface area contributed by atoms with Gasteiger partial charge in [0.1, 0.15) is 0 Å². The van der Waals surface area contributed by atoms with Crippen molar-refractivity contribution in [3.8, 4) is 0 Å². The number of carbonyl (C=O) groups excluding carboxylic acids is 1. The summed E-state index contributed by atoms with van der Waals surface area (Å²) in [5, 5.41) is 12.4. The molecule has 0 aromatic carbocycles. The van der Waals surface area contributed by atoms with Crippen molar-refractivity contribution in [3.05, 3.63) is 12.2 Å². The Kier molecular flexibility index (Phi) is 8.50. The number of nitrogens with one attached hydrogen (secondary N) is 1.